The number of amides is 1. The van der Waals surface area contributed by atoms with Crippen LogP contribution in [0.2, 0.25) is 5.02 Å². The number of carbonyl (C=O) groups excluding carboxylic acids is 1. The first-order valence-corrected chi connectivity index (χ1v) is 10.2. The van der Waals surface area contributed by atoms with E-state index >= 15 is 0 Å². The zero-order valence-electron chi connectivity index (χ0n) is 15.1. The van der Waals surface area contributed by atoms with Gasteiger partial charge in [-0.15, -0.1) is 0 Å². The third kappa shape index (κ3) is 4.84. The Morgan fingerprint density at radius 2 is 1.88 bits per heavy atom. The molecule has 0 saturated heterocycles. The Balaban J connectivity index is 2.17. The van der Waals surface area contributed by atoms with Crippen molar-refractivity contribution in [3.05, 3.63) is 58.6 Å². The van der Waals surface area contributed by atoms with Crippen molar-refractivity contribution in [2.75, 3.05) is 18.0 Å². The van der Waals surface area contributed by atoms with E-state index in [0.717, 1.165) is 23.2 Å². The van der Waals surface area contributed by atoms with Crippen molar-refractivity contribution in [2.24, 2.45) is 0 Å². The number of aryl methyl sites for hydroxylation is 2. The van der Waals surface area contributed by atoms with Gasteiger partial charge in [-0.05, 0) is 42.7 Å². The first-order chi connectivity index (χ1) is 12.3. The van der Waals surface area contributed by atoms with E-state index in [4.69, 9.17) is 11.6 Å². The molecule has 140 valence electrons. The van der Waals surface area contributed by atoms with E-state index in [1.54, 1.807) is 17.0 Å². The number of sulfonamides is 1. The van der Waals surface area contributed by atoms with Crippen molar-refractivity contribution in [1.82, 2.24) is 4.72 Å². The van der Waals surface area contributed by atoms with Crippen molar-refractivity contribution in [3.63, 3.8) is 0 Å². The molecule has 26 heavy (non-hydrogen) atoms. The Hall–Kier alpha value is -1.89. The van der Waals surface area contributed by atoms with Crippen LogP contribution in [0, 0.1) is 6.92 Å². The van der Waals surface area contributed by atoms with E-state index in [2.05, 4.69) is 4.72 Å². The van der Waals surface area contributed by atoms with Gasteiger partial charge in [0.15, 0.2) is 0 Å². The molecule has 0 aliphatic rings. The van der Waals surface area contributed by atoms with Gasteiger partial charge in [-0.3, -0.25) is 4.79 Å². The molecule has 0 aliphatic carbocycles. The molecule has 0 heterocycles. The summed E-state index contributed by atoms with van der Waals surface area (Å²) in [6.45, 7) is 5.80. The maximum atomic E-state index is 12.4. The highest BCUT2D eigenvalue weighted by atomic mass is 35.5. The minimum absolute atomic E-state index is 0.101. The molecule has 1 amide bonds. The average Bonchev–Trinajstić information content (AvgIpc) is 2.59. The summed E-state index contributed by atoms with van der Waals surface area (Å²) in [7, 11) is -3.68. The molecule has 7 heteroatoms. The predicted octanol–water partition coefficient (Wildman–Crippen LogP) is 3.54. The number of anilines is 1. The predicted molar refractivity (Wildman–Crippen MR) is 105 cm³/mol. The summed E-state index contributed by atoms with van der Waals surface area (Å²) in [5, 5.41) is 0.353. The number of halogens is 1. The standard InChI is InChI=1S/C19H23ClN2O3S/c1-4-16-8-5-7-14(2)19(16)22(15(3)23)12-11-21-26(24,25)18-10-6-9-17(20)13-18/h5-10,13,21H,4,11-12H2,1-3H3. The molecule has 0 unspecified atom stereocenters. The van der Waals surface area contributed by atoms with Gasteiger partial charge in [-0.2, -0.15) is 0 Å². The molecule has 0 aromatic heterocycles. The van der Waals surface area contributed by atoms with Crippen LogP contribution in [0.25, 0.3) is 0 Å². The van der Waals surface area contributed by atoms with Gasteiger partial charge in [0.1, 0.15) is 0 Å². The number of carbonyl (C=O) groups is 1. The zero-order chi connectivity index (χ0) is 19.3. The van der Waals surface area contributed by atoms with Gasteiger partial charge in [-0.25, -0.2) is 13.1 Å². The SMILES string of the molecule is CCc1cccc(C)c1N(CCNS(=O)(=O)c1cccc(Cl)c1)C(C)=O. The van der Waals surface area contributed by atoms with Crippen molar-refractivity contribution in [3.8, 4) is 0 Å². The first kappa shape index (κ1) is 20.4. The Kier molecular flexibility index (Phi) is 6.81. The number of nitrogens with zero attached hydrogens (tertiary/aromatic N) is 1. The lowest BCUT2D eigenvalue weighted by atomic mass is 10.0. The van der Waals surface area contributed by atoms with Crippen LogP contribution >= 0.6 is 11.6 Å². The lowest BCUT2D eigenvalue weighted by Gasteiger charge is -2.26. The van der Waals surface area contributed by atoms with Crippen LogP contribution in [-0.4, -0.2) is 27.4 Å². The number of hydrogen-bond acceptors (Lipinski definition) is 3. The minimum Gasteiger partial charge on any atom is -0.311 e. The molecular formula is C19H23ClN2O3S. The van der Waals surface area contributed by atoms with E-state index < -0.39 is 10.0 Å². The molecule has 0 radical (unpaired) electrons. The summed E-state index contributed by atoms with van der Waals surface area (Å²) in [4.78, 5) is 13.9. The number of rotatable bonds is 7. The van der Waals surface area contributed by atoms with Gasteiger partial charge >= 0.3 is 0 Å². The quantitative estimate of drug-likeness (QED) is 0.781. The maximum Gasteiger partial charge on any atom is 0.240 e. The van der Waals surface area contributed by atoms with Crippen molar-refractivity contribution < 1.29 is 13.2 Å². The summed E-state index contributed by atoms with van der Waals surface area (Å²) in [6, 6.07) is 12.0. The van der Waals surface area contributed by atoms with Gasteiger partial charge < -0.3 is 4.90 Å². The van der Waals surface area contributed by atoms with E-state index in [1.165, 1.54) is 19.1 Å². The fourth-order valence-electron chi connectivity index (χ4n) is 2.83. The fourth-order valence-corrected chi connectivity index (χ4v) is 4.15. The molecule has 2 rings (SSSR count). The van der Waals surface area contributed by atoms with Crippen LogP contribution in [0.5, 0.6) is 0 Å². The van der Waals surface area contributed by atoms with E-state index in [9.17, 15) is 13.2 Å². The van der Waals surface area contributed by atoms with Crippen LogP contribution in [0.15, 0.2) is 47.4 Å². The topological polar surface area (TPSA) is 66.5 Å². The van der Waals surface area contributed by atoms with E-state index in [-0.39, 0.29) is 23.9 Å². The van der Waals surface area contributed by atoms with E-state index in [1.807, 2.05) is 32.0 Å². The number of hydrogen-bond donors (Lipinski definition) is 1. The third-order valence-corrected chi connectivity index (χ3v) is 5.78. The molecular weight excluding hydrogens is 372 g/mol. The summed E-state index contributed by atoms with van der Waals surface area (Å²) in [5.41, 5.74) is 2.89. The molecule has 0 atom stereocenters. The summed E-state index contributed by atoms with van der Waals surface area (Å²) in [5.74, 6) is -0.129. The number of benzene rings is 2. The van der Waals surface area contributed by atoms with Crippen molar-refractivity contribution >= 4 is 33.2 Å². The summed E-state index contributed by atoms with van der Waals surface area (Å²) >= 11 is 5.86. The van der Waals surface area contributed by atoms with Gasteiger partial charge in [0, 0.05) is 30.7 Å². The smallest absolute Gasteiger partial charge is 0.240 e. The van der Waals surface area contributed by atoms with Crippen LogP contribution in [0.4, 0.5) is 5.69 Å². The van der Waals surface area contributed by atoms with Crippen LogP contribution in [-0.2, 0) is 21.2 Å². The zero-order valence-corrected chi connectivity index (χ0v) is 16.7. The second kappa shape index (κ2) is 8.66. The maximum absolute atomic E-state index is 12.4. The molecule has 5 nitrogen and oxygen atoms in total. The van der Waals surface area contributed by atoms with E-state index in [0.29, 0.717) is 5.02 Å². The van der Waals surface area contributed by atoms with Crippen LogP contribution in [0.3, 0.4) is 0 Å². The van der Waals surface area contributed by atoms with Gasteiger partial charge in [0.05, 0.1) is 4.90 Å². The van der Waals surface area contributed by atoms with Gasteiger partial charge in [0.25, 0.3) is 0 Å². The highest BCUT2D eigenvalue weighted by Crippen LogP contribution is 2.26. The van der Waals surface area contributed by atoms with Crippen LogP contribution in [0.1, 0.15) is 25.0 Å². The molecule has 0 aliphatic heterocycles. The van der Waals surface area contributed by atoms with Crippen LogP contribution < -0.4 is 9.62 Å². The minimum atomic E-state index is -3.68. The highest BCUT2D eigenvalue weighted by molar-refractivity contribution is 7.89. The molecule has 0 fully saturated rings. The summed E-state index contributed by atoms with van der Waals surface area (Å²) in [6.07, 6.45) is 0.787. The first-order valence-electron chi connectivity index (χ1n) is 8.38. The lowest BCUT2D eigenvalue weighted by Crippen LogP contribution is -2.38. The molecule has 0 saturated carbocycles. The number of para-hydroxylation sites is 1. The Labute approximate surface area is 160 Å². The molecule has 1 N–H and O–H groups in total. The normalized spacial score (nSPS) is 11.4. The second-order valence-electron chi connectivity index (χ2n) is 5.96. The third-order valence-electron chi connectivity index (χ3n) is 4.09. The molecule has 2 aromatic rings. The van der Waals surface area contributed by atoms with Gasteiger partial charge in [-0.1, -0.05) is 42.8 Å². The largest absolute Gasteiger partial charge is 0.311 e. The average molecular weight is 395 g/mol. The monoisotopic (exact) mass is 394 g/mol. The Morgan fingerprint density at radius 1 is 1.19 bits per heavy atom. The summed E-state index contributed by atoms with van der Waals surface area (Å²) < 4.78 is 27.3. The van der Waals surface area contributed by atoms with Crippen molar-refractivity contribution in [1.29, 1.82) is 0 Å². The lowest BCUT2D eigenvalue weighted by molar-refractivity contribution is -0.116. The highest BCUT2D eigenvalue weighted by Gasteiger charge is 2.19. The molecule has 2 aromatic carbocycles. The fraction of sp³-hybridized carbons (Fsp3) is 0.316. The number of nitrogens with one attached hydrogen (secondary N) is 1. The molecule has 0 bridgehead atoms. The Bertz CT molecular complexity index is 897. The second-order valence-corrected chi connectivity index (χ2v) is 8.17. The Morgan fingerprint density at radius 3 is 2.50 bits per heavy atom. The molecule has 0 spiro atoms. The van der Waals surface area contributed by atoms with Crippen molar-refractivity contribution in [2.45, 2.75) is 32.1 Å². The van der Waals surface area contributed by atoms with Gasteiger partial charge in [0.2, 0.25) is 15.9 Å².